The van der Waals surface area contributed by atoms with Gasteiger partial charge in [-0.2, -0.15) is 0 Å². The van der Waals surface area contributed by atoms with E-state index in [1.54, 1.807) is 0 Å². The van der Waals surface area contributed by atoms with Crippen LogP contribution in [0.3, 0.4) is 0 Å². The molecular weight excluding hydrogens is 422 g/mol. The minimum atomic E-state index is -0.0905. The van der Waals surface area contributed by atoms with Crippen molar-refractivity contribution in [2.45, 2.75) is 64.0 Å². The van der Waals surface area contributed by atoms with Crippen molar-refractivity contribution in [1.82, 2.24) is 15.1 Å². The maximum absolute atomic E-state index is 13.8. The monoisotopic (exact) mass is 459 g/mol. The predicted octanol–water partition coefficient (Wildman–Crippen LogP) is 4.51. The van der Waals surface area contributed by atoms with Crippen LogP contribution >= 0.6 is 0 Å². The van der Waals surface area contributed by atoms with E-state index >= 15 is 0 Å². The van der Waals surface area contributed by atoms with Crippen molar-refractivity contribution >= 4 is 11.8 Å². The minimum Gasteiger partial charge on any atom is -0.348 e. The number of hydrogen-bond acceptors (Lipinski definition) is 3. The molecule has 2 fully saturated rings. The molecule has 2 aromatic rings. The second kappa shape index (κ2) is 10.3. The zero-order valence-electron chi connectivity index (χ0n) is 20.3. The SMILES string of the molecule is Cc1ccccc1C(=O)N1CCN([C@@H](C(=O)N[C@H]2CCCc3ccccc32)C2CCCC2)CC1. The molecule has 2 aliphatic carbocycles. The molecule has 180 valence electrons. The van der Waals surface area contributed by atoms with Gasteiger partial charge in [0.1, 0.15) is 0 Å². The highest BCUT2D eigenvalue weighted by Gasteiger charge is 2.38. The van der Waals surface area contributed by atoms with Crippen LogP contribution in [-0.2, 0) is 11.2 Å². The van der Waals surface area contributed by atoms with Crippen molar-refractivity contribution in [3.63, 3.8) is 0 Å². The lowest BCUT2D eigenvalue weighted by atomic mass is 9.87. The van der Waals surface area contributed by atoms with Gasteiger partial charge in [0.25, 0.3) is 5.91 Å². The minimum absolute atomic E-state index is 0.0905. The van der Waals surface area contributed by atoms with Crippen LogP contribution in [-0.4, -0.2) is 53.8 Å². The van der Waals surface area contributed by atoms with E-state index in [1.165, 1.54) is 24.0 Å². The Morgan fingerprint density at radius 3 is 2.35 bits per heavy atom. The number of aryl methyl sites for hydroxylation is 2. The van der Waals surface area contributed by atoms with E-state index in [2.05, 4.69) is 34.5 Å². The highest BCUT2D eigenvalue weighted by atomic mass is 16.2. The second-order valence-electron chi connectivity index (χ2n) is 10.3. The van der Waals surface area contributed by atoms with Crippen molar-refractivity contribution in [1.29, 1.82) is 0 Å². The summed E-state index contributed by atoms with van der Waals surface area (Å²) in [6.07, 6.45) is 7.92. The number of amides is 2. The first kappa shape index (κ1) is 23.1. The molecule has 1 saturated carbocycles. The molecular formula is C29H37N3O2. The molecule has 5 nitrogen and oxygen atoms in total. The first-order chi connectivity index (χ1) is 16.6. The Morgan fingerprint density at radius 2 is 1.59 bits per heavy atom. The van der Waals surface area contributed by atoms with Crippen molar-refractivity contribution < 1.29 is 9.59 Å². The van der Waals surface area contributed by atoms with Crippen molar-refractivity contribution in [3.8, 4) is 0 Å². The number of carbonyl (C=O) groups is 2. The summed E-state index contributed by atoms with van der Waals surface area (Å²) in [6.45, 7) is 4.86. The molecule has 34 heavy (non-hydrogen) atoms. The molecule has 3 aliphatic rings. The Bertz CT molecular complexity index is 1020. The third-order valence-corrected chi connectivity index (χ3v) is 8.17. The van der Waals surface area contributed by atoms with Crippen LogP contribution in [0, 0.1) is 12.8 Å². The van der Waals surface area contributed by atoms with Crippen molar-refractivity contribution in [2.75, 3.05) is 26.2 Å². The maximum Gasteiger partial charge on any atom is 0.254 e. The highest BCUT2D eigenvalue weighted by Crippen LogP contribution is 2.33. The van der Waals surface area contributed by atoms with Gasteiger partial charge < -0.3 is 10.2 Å². The van der Waals surface area contributed by atoms with E-state index in [0.29, 0.717) is 19.0 Å². The Labute approximate surface area is 203 Å². The smallest absolute Gasteiger partial charge is 0.254 e. The molecule has 1 aliphatic heterocycles. The Balaban J connectivity index is 1.27. The van der Waals surface area contributed by atoms with Gasteiger partial charge >= 0.3 is 0 Å². The molecule has 0 aromatic heterocycles. The topological polar surface area (TPSA) is 52.7 Å². The lowest BCUT2D eigenvalue weighted by Gasteiger charge is -2.41. The van der Waals surface area contributed by atoms with Crippen LogP contribution in [0.5, 0.6) is 0 Å². The molecule has 2 aromatic carbocycles. The number of fused-ring (bicyclic) bond motifs is 1. The first-order valence-corrected chi connectivity index (χ1v) is 13.1. The van der Waals surface area contributed by atoms with Gasteiger partial charge in [-0.3, -0.25) is 14.5 Å². The summed E-state index contributed by atoms with van der Waals surface area (Å²) in [6, 6.07) is 16.4. The fraction of sp³-hybridized carbons (Fsp3) is 0.517. The number of benzene rings is 2. The van der Waals surface area contributed by atoms with Crippen LogP contribution in [0.25, 0.3) is 0 Å². The van der Waals surface area contributed by atoms with Gasteiger partial charge in [0, 0.05) is 31.7 Å². The number of rotatable bonds is 5. The summed E-state index contributed by atoms with van der Waals surface area (Å²) in [5.41, 5.74) is 4.48. The van der Waals surface area contributed by atoms with Crippen molar-refractivity contribution in [3.05, 3.63) is 70.8 Å². The van der Waals surface area contributed by atoms with Crippen molar-refractivity contribution in [2.24, 2.45) is 5.92 Å². The molecule has 2 atom stereocenters. The van der Waals surface area contributed by atoms with Crippen LogP contribution in [0.15, 0.2) is 48.5 Å². The second-order valence-corrected chi connectivity index (χ2v) is 10.3. The Morgan fingerprint density at radius 1 is 0.882 bits per heavy atom. The third kappa shape index (κ3) is 4.76. The zero-order chi connectivity index (χ0) is 23.5. The Kier molecular flexibility index (Phi) is 7.00. The van der Waals surface area contributed by atoms with Gasteiger partial charge in [-0.15, -0.1) is 0 Å². The summed E-state index contributed by atoms with van der Waals surface area (Å²) < 4.78 is 0. The molecule has 5 rings (SSSR count). The van der Waals surface area contributed by atoms with Crippen LogP contribution in [0.2, 0.25) is 0 Å². The molecule has 1 saturated heterocycles. The van der Waals surface area contributed by atoms with Gasteiger partial charge in [0.05, 0.1) is 12.1 Å². The number of nitrogens with one attached hydrogen (secondary N) is 1. The van der Waals surface area contributed by atoms with Crippen LogP contribution < -0.4 is 5.32 Å². The van der Waals surface area contributed by atoms with E-state index < -0.39 is 0 Å². The molecule has 0 radical (unpaired) electrons. The fourth-order valence-corrected chi connectivity index (χ4v) is 6.30. The van der Waals surface area contributed by atoms with E-state index in [0.717, 1.165) is 56.3 Å². The summed E-state index contributed by atoms with van der Waals surface area (Å²) in [7, 11) is 0. The van der Waals surface area contributed by atoms with Gasteiger partial charge in [0.15, 0.2) is 0 Å². The number of nitrogens with zero attached hydrogens (tertiary/aromatic N) is 2. The third-order valence-electron chi connectivity index (χ3n) is 8.17. The molecule has 1 N–H and O–H groups in total. The number of hydrogen-bond donors (Lipinski definition) is 1. The average Bonchev–Trinajstić information content (AvgIpc) is 3.39. The van der Waals surface area contributed by atoms with Gasteiger partial charge in [0.2, 0.25) is 5.91 Å². The summed E-state index contributed by atoms with van der Waals surface area (Å²) >= 11 is 0. The first-order valence-electron chi connectivity index (χ1n) is 13.1. The Hall–Kier alpha value is -2.66. The zero-order valence-corrected chi connectivity index (χ0v) is 20.3. The van der Waals surface area contributed by atoms with Crippen LogP contribution in [0.4, 0.5) is 0 Å². The van der Waals surface area contributed by atoms with Gasteiger partial charge in [-0.05, 0) is 67.7 Å². The molecule has 1 heterocycles. The van der Waals surface area contributed by atoms with Gasteiger partial charge in [-0.1, -0.05) is 55.3 Å². The molecule has 0 bridgehead atoms. The lowest BCUT2D eigenvalue weighted by Crippen LogP contribution is -2.58. The largest absolute Gasteiger partial charge is 0.348 e. The number of piperazine rings is 1. The van der Waals surface area contributed by atoms with E-state index in [9.17, 15) is 9.59 Å². The quantitative estimate of drug-likeness (QED) is 0.716. The summed E-state index contributed by atoms with van der Waals surface area (Å²) in [5.74, 6) is 0.711. The molecule has 2 amide bonds. The van der Waals surface area contributed by atoms with E-state index in [4.69, 9.17) is 0 Å². The number of carbonyl (C=O) groups excluding carboxylic acids is 2. The molecule has 0 unspecified atom stereocenters. The van der Waals surface area contributed by atoms with Gasteiger partial charge in [-0.25, -0.2) is 0 Å². The average molecular weight is 460 g/mol. The van der Waals surface area contributed by atoms with Crippen LogP contribution in [0.1, 0.15) is 71.6 Å². The van der Waals surface area contributed by atoms with E-state index in [-0.39, 0.29) is 23.9 Å². The maximum atomic E-state index is 13.8. The predicted molar refractivity (Wildman–Crippen MR) is 135 cm³/mol. The molecule has 5 heteroatoms. The normalized spacial score (nSPS) is 22.3. The fourth-order valence-electron chi connectivity index (χ4n) is 6.30. The lowest BCUT2D eigenvalue weighted by molar-refractivity contribution is -0.130. The standard InChI is InChI=1S/C29H37N3O2/c1-21-9-2-6-14-24(21)29(34)32-19-17-31(18-20-32)27(23-11-3-4-12-23)28(33)30-26-16-8-13-22-10-5-7-15-25(22)26/h2,5-7,9-10,14-15,23,26-27H,3-4,8,11-13,16-20H2,1H3,(H,30,33)/t26-,27+/m0/s1. The summed E-state index contributed by atoms with van der Waals surface area (Å²) in [5, 5.41) is 3.46. The molecule has 0 spiro atoms. The highest BCUT2D eigenvalue weighted by molar-refractivity contribution is 5.95. The van der Waals surface area contributed by atoms with E-state index in [1.807, 2.05) is 36.1 Å². The summed E-state index contributed by atoms with van der Waals surface area (Å²) in [4.78, 5) is 31.2.